The fourth-order valence-corrected chi connectivity index (χ4v) is 3.13. The number of furan rings is 1. The predicted octanol–water partition coefficient (Wildman–Crippen LogP) is 4.39. The molecule has 2 N–H and O–H groups in total. The van der Waals surface area contributed by atoms with Gasteiger partial charge in [0.2, 0.25) is 5.89 Å². The van der Waals surface area contributed by atoms with Gasteiger partial charge in [-0.25, -0.2) is 0 Å². The van der Waals surface area contributed by atoms with Gasteiger partial charge >= 0.3 is 6.18 Å². The quantitative estimate of drug-likeness (QED) is 0.601. The first kappa shape index (κ1) is 21.4. The van der Waals surface area contributed by atoms with Crippen LogP contribution in [0.2, 0.25) is 0 Å². The van der Waals surface area contributed by atoms with Crippen LogP contribution in [0.1, 0.15) is 35.9 Å². The minimum Gasteiger partial charge on any atom is -0.460 e. The lowest BCUT2D eigenvalue weighted by molar-refractivity contribution is -0.137. The molecule has 0 atom stereocenters. The number of halogens is 4. The Morgan fingerprint density at radius 2 is 1.86 bits per heavy atom. The summed E-state index contributed by atoms with van der Waals surface area (Å²) in [5.74, 6) is 1.68. The van der Waals surface area contributed by atoms with Crippen molar-refractivity contribution in [2.24, 2.45) is 5.73 Å². The molecule has 1 saturated carbocycles. The van der Waals surface area contributed by atoms with Gasteiger partial charge in [-0.15, -0.1) is 12.4 Å². The third kappa shape index (κ3) is 4.98. The fourth-order valence-electron chi connectivity index (χ4n) is 3.13. The van der Waals surface area contributed by atoms with Gasteiger partial charge in [0.1, 0.15) is 11.5 Å². The van der Waals surface area contributed by atoms with Gasteiger partial charge in [-0.3, -0.25) is 4.90 Å². The van der Waals surface area contributed by atoms with Crippen LogP contribution in [0.4, 0.5) is 13.2 Å². The first-order chi connectivity index (χ1) is 13.4. The molecule has 4 rings (SSSR count). The van der Waals surface area contributed by atoms with Crippen molar-refractivity contribution in [3.63, 3.8) is 0 Å². The number of aromatic nitrogens is 2. The molecule has 0 saturated heterocycles. The van der Waals surface area contributed by atoms with Gasteiger partial charge < -0.3 is 14.7 Å². The Kier molecular flexibility index (Phi) is 6.30. The summed E-state index contributed by atoms with van der Waals surface area (Å²) in [6.07, 6.45) is -2.35. The summed E-state index contributed by atoms with van der Waals surface area (Å²) in [4.78, 5) is 6.34. The maximum Gasteiger partial charge on any atom is 0.417 e. The molecular formula is C19H20ClF3N4O2. The zero-order chi connectivity index (χ0) is 19.7. The first-order valence-corrected chi connectivity index (χ1v) is 8.95. The van der Waals surface area contributed by atoms with E-state index >= 15 is 0 Å². The van der Waals surface area contributed by atoms with E-state index in [1.807, 2.05) is 0 Å². The van der Waals surface area contributed by atoms with E-state index in [-0.39, 0.29) is 30.3 Å². The van der Waals surface area contributed by atoms with E-state index in [9.17, 15) is 13.2 Å². The smallest absolute Gasteiger partial charge is 0.417 e. The summed E-state index contributed by atoms with van der Waals surface area (Å²) in [5, 5.41) is 3.91. The number of hydrogen-bond acceptors (Lipinski definition) is 6. The molecule has 1 aromatic carbocycles. The largest absolute Gasteiger partial charge is 0.460 e. The van der Waals surface area contributed by atoms with Crippen LogP contribution in [0.15, 0.2) is 45.3 Å². The van der Waals surface area contributed by atoms with Crippen LogP contribution in [0.3, 0.4) is 0 Å². The molecule has 1 aliphatic carbocycles. The summed E-state index contributed by atoms with van der Waals surface area (Å²) in [5.41, 5.74) is 4.81. The Bertz CT molecular complexity index is 953. The van der Waals surface area contributed by atoms with Gasteiger partial charge in [-0.1, -0.05) is 23.4 Å². The molecule has 1 fully saturated rings. The van der Waals surface area contributed by atoms with E-state index < -0.39 is 11.7 Å². The van der Waals surface area contributed by atoms with Gasteiger partial charge in [0, 0.05) is 11.6 Å². The summed E-state index contributed by atoms with van der Waals surface area (Å²) in [7, 11) is 0. The van der Waals surface area contributed by atoms with Gasteiger partial charge in [-0.05, 0) is 31.0 Å². The van der Waals surface area contributed by atoms with Crippen molar-refractivity contribution in [2.75, 3.05) is 0 Å². The first-order valence-electron chi connectivity index (χ1n) is 8.95. The van der Waals surface area contributed by atoms with Gasteiger partial charge in [0.05, 0.1) is 25.2 Å². The molecule has 2 heterocycles. The van der Waals surface area contributed by atoms with Crippen LogP contribution >= 0.6 is 12.4 Å². The van der Waals surface area contributed by atoms with E-state index in [2.05, 4.69) is 15.0 Å². The number of alkyl halides is 3. The van der Waals surface area contributed by atoms with Crippen LogP contribution in [-0.2, 0) is 25.8 Å². The van der Waals surface area contributed by atoms with Crippen LogP contribution in [0, 0.1) is 0 Å². The van der Waals surface area contributed by atoms with E-state index in [0.29, 0.717) is 36.6 Å². The van der Waals surface area contributed by atoms with Gasteiger partial charge in [0.25, 0.3) is 0 Å². The lowest BCUT2D eigenvalue weighted by atomic mass is 10.1. The summed E-state index contributed by atoms with van der Waals surface area (Å²) in [6.45, 7) is 1.09. The standard InChI is InChI=1S/C19H19F3N4O2.ClH/c20-19(21,22)15-4-2-1-3-14(15)16-8-7-13(27-16)10-26(12-5-6-12)11-17-24-18(9-23)28-25-17;/h1-4,7-8,12H,5-6,9-11,23H2;1H. The Hall–Kier alpha value is -2.36. The number of benzene rings is 1. The molecule has 6 nitrogen and oxygen atoms in total. The van der Waals surface area contributed by atoms with Crippen molar-refractivity contribution in [1.29, 1.82) is 0 Å². The van der Waals surface area contributed by atoms with Crippen molar-refractivity contribution in [2.45, 2.75) is 44.7 Å². The molecule has 3 aromatic rings. The normalized spacial score (nSPS) is 14.2. The van der Waals surface area contributed by atoms with Gasteiger partial charge in [-0.2, -0.15) is 18.2 Å². The number of hydrogen-bond donors (Lipinski definition) is 1. The van der Waals surface area contributed by atoms with Crippen LogP contribution in [-0.4, -0.2) is 21.1 Å². The van der Waals surface area contributed by atoms with E-state index in [1.165, 1.54) is 12.1 Å². The van der Waals surface area contributed by atoms with E-state index in [0.717, 1.165) is 18.9 Å². The highest BCUT2D eigenvalue weighted by atomic mass is 35.5. The highest BCUT2D eigenvalue weighted by Gasteiger charge is 2.34. The number of rotatable bonds is 7. The monoisotopic (exact) mass is 428 g/mol. The summed E-state index contributed by atoms with van der Waals surface area (Å²) in [6, 6.07) is 9.05. The third-order valence-electron chi connectivity index (χ3n) is 4.61. The van der Waals surface area contributed by atoms with Crippen LogP contribution in [0.25, 0.3) is 11.3 Å². The second kappa shape index (κ2) is 8.56. The van der Waals surface area contributed by atoms with Gasteiger partial charge in [0.15, 0.2) is 5.82 Å². The Morgan fingerprint density at radius 3 is 2.52 bits per heavy atom. The molecule has 0 unspecified atom stereocenters. The lowest BCUT2D eigenvalue weighted by Crippen LogP contribution is -2.25. The predicted molar refractivity (Wildman–Crippen MR) is 101 cm³/mol. The molecule has 0 spiro atoms. The third-order valence-corrected chi connectivity index (χ3v) is 4.61. The lowest BCUT2D eigenvalue weighted by Gasteiger charge is -2.18. The molecule has 0 amide bonds. The maximum atomic E-state index is 13.3. The van der Waals surface area contributed by atoms with Crippen molar-refractivity contribution in [3.05, 3.63) is 59.4 Å². The zero-order valence-corrected chi connectivity index (χ0v) is 16.2. The maximum absolute atomic E-state index is 13.3. The van der Waals surface area contributed by atoms with E-state index in [1.54, 1.807) is 18.2 Å². The van der Waals surface area contributed by atoms with Crippen LogP contribution < -0.4 is 5.73 Å². The Labute approximate surface area is 171 Å². The molecule has 0 bridgehead atoms. The van der Waals surface area contributed by atoms with Crippen molar-refractivity contribution in [3.8, 4) is 11.3 Å². The van der Waals surface area contributed by atoms with Crippen LogP contribution in [0.5, 0.6) is 0 Å². The Morgan fingerprint density at radius 1 is 1.10 bits per heavy atom. The molecule has 0 aliphatic heterocycles. The average Bonchev–Trinajstić information content (AvgIpc) is 3.25. The Balaban J connectivity index is 0.00000240. The number of nitrogens with two attached hydrogens (primary N) is 1. The fraction of sp³-hybridized carbons (Fsp3) is 0.368. The highest BCUT2D eigenvalue weighted by Crippen LogP contribution is 2.38. The average molecular weight is 429 g/mol. The molecule has 29 heavy (non-hydrogen) atoms. The summed E-state index contributed by atoms with van der Waals surface area (Å²) >= 11 is 0. The molecular weight excluding hydrogens is 409 g/mol. The molecule has 10 heteroatoms. The van der Waals surface area contributed by atoms with Crippen molar-refractivity contribution < 1.29 is 22.1 Å². The highest BCUT2D eigenvalue weighted by molar-refractivity contribution is 5.85. The molecule has 1 aliphatic rings. The van der Waals surface area contributed by atoms with E-state index in [4.69, 9.17) is 14.7 Å². The second-order valence-corrected chi connectivity index (χ2v) is 6.75. The molecule has 156 valence electrons. The number of nitrogens with zero attached hydrogens (tertiary/aromatic N) is 3. The molecule has 0 radical (unpaired) electrons. The zero-order valence-electron chi connectivity index (χ0n) is 15.4. The second-order valence-electron chi connectivity index (χ2n) is 6.75. The molecule has 2 aromatic heterocycles. The topological polar surface area (TPSA) is 81.3 Å². The minimum absolute atomic E-state index is 0. The van der Waals surface area contributed by atoms with Crippen molar-refractivity contribution >= 4 is 12.4 Å². The van der Waals surface area contributed by atoms with Crippen molar-refractivity contribution in [1.82, 2.24) is 15.0 Å². The summed E-state index contributed by atoms with van der Waals surface area (Å²) < 4.78 is 50.6. The minimum atomic E-state index is -4.44. The SMILES string of the molecule is Cl.NCc1nc(CN(Cc2ccc(-c3ccccc3C(F)(F)F)o2)C2CC2)no1.